The molecule has 0 aromatic heterocycles. The maximum Gasteiger partial charge on any atom is 0.0136 e. The van der Waals surface area contributed by atoms with Crippen LogP contribution in [0.25, 0.3) is 0 Å². The number of nitrogens with zero attached hydrogens (tertiary/aromatic N) is 1. The molecule has 0 saturated carbocycles. The molecule has 1 saturated heterocycles. The lowest BCUT2D eigenvalue weighted by molar-refractivity contribution is 0.354. The van der Waals surface area contributed by atoms with E-state index in [0.29, 0.717) is 0 Å². The van der Waals surface area contributed by atoms with Gasteiger partial charge < -0.3 is 5.73 Å². The third-order valence-electron chi connectivity index (χ3n) is 1.97. The van der Waals surface area contributed by atoms with Crippen LogP contribution in [0.4, 0.5) is 0 Å². The van der Waals surface area contributed by atoms with Gasteiger partial charge in [0.05, 0.1) is 0 Å². The van der Waals surface area contributed by atoms with Crippen molar-refractivity contribution in [2.45, 2.75) is 19.3 Å². The van der Waals surface area contributed by atoms with Gasteiger partial charge in [-0.3, -0.25) is 0 Å². The van der Waals surface area contributed by atoms with Gasteiger partial charge in [-0.2, -0.15) is 0 Å². The Balaban J connectivity index is 2.08. The molecule has 1 aliphatic heterocycles. The summed E-state index contributed by atoms with van der Waals surface area (Å²) < 4.78 is 0. The summed E-state index contributed by atoms with van der Waals surface area (Å²) in [6, 6.07) is 0. The van der Waals surface area contributed by atoms with Crippen LogP contribution in [0.3, 0.4) is 0 Å². The lowest BCUT2D eigenvalue weighted by atomic mass is 9.95. The zero-order valence-corrected chi connectivity index (χ0v) is 5.84. The molecular formula is C7H15N2. The fourth-order valence-electron chi connectivity index (χ4n) is 1.33. The maximum atomic E-state index is 5.43. The zero-order chi connectivity index (χ0) is 6.53. The summed E-state index contributed by atoms with van der Waals surface area (Å²) >= 11 is 0. The van der Waals surface area contributed by atoms with Gasteiger partial charge in [-0.25, -0.2) is 5.32 Å². The van der Waals surface area contributed by atoms with Crippen LogP contribution < -0.4 is 11.1 Å². The lowest BCUT2D eigenvalue weighted by Crippen LogP contribution is -2.23. The fourth-order valence-corrected chi connectivity index (χ4v) is 1.33. The van der Waals surface area contributed by atoms with Crippen molar-refractivity contribution in [3.8, 4) is 0 Å². The Bertz CT molecular complexity index is 64.6. The molecule has 53 valence electrons. The first-order valence-electron chi connectivity index (χ1n) is 3.77. The van der Waals surface area contributed by atoms with E-state index in [1.54, 1.807) is 0 Å². The van der Waals surface area contributed by atoms with Gasteiger partial charge in [0.2, 0.25) is 0 Å². The van der Waals surface area contributed by atoms with E-state index in [1.165, 1.54) is 19.3 Å². The first kappa shape index (κ1) is 7.03. The van der Waals surface area contributed by atoms with Crippen LogP contribution >= 0.6 is 0 Å². The Morgan fingerprint density at radius 3 is 2.56 bits per heavy atom. The molecule has 9 heavy (non-hydrogen) atoms. The van der Waals surface area contributed by atoms with Crippen molar-refractivity contribution >= 4 is 0 Å². The molecule has 1 rings (SSSR count). The topological polar surface area (TPSA) is 40.1 Å². The number of nitrogens with two attached hydrogens (primary N) is 1. The number of hydrogen-bond acceptors (Lipinski definition) is 1. The predicted octanol–water partition coefficient (Wildman–Crippen LogP) is 0.350. The number of hydrogen-bond donors (Lipinski definition) is 1. The van der Waals surface area contributed by atoms with Crippen molar-refractivity contribution in [2.24, 2.45) is 11.7 Å². The highest BCUT2D eigenvalue weighted by atomic mass is 14.9. The average molecular weight is 127 g/mol. The van der Waals surface area contributed by atoms with Crippen LogP contribution in [-0.4, -0.2) is 19.6 Å². The Labute approximate surface area is 56.8 Å². The molecule has 0 aromatic rings. The molecular weight excluding hydrogens is 112 g/mol. The zero-order valence-electron chi connectivity index (χ0n) is 5.84. The standard InChI is InChI=1S/C7H15N2/c8-4-1-7-2-5-9-6-3-7/h7H,1-6,8H2. The van der Waals surface area contributed by atoms with Crippen LogP contribution in [0, 0.1) is 5.92 Å². The van der Waals surface area contributed by atoms with E-state index in [9.17, 15) is 0 Å². The lowest BCUT2D eigenvalue weighted by Gasteiger charge is -2.20. The second-order valence-electron chi connectivity index (χ2n) is 2.69. The van der Waals surface area contributed by atoms with Crippen molar-refractivity contribution in [2.75, 3.05) is 19.6 Å². The third-order valence-corrected chi connectivity index (χ3v) is 1.97. The van der Waals surface area contributed by atoms with Crippen LogP contribution in [0.5, 0.6) is 0 Å². The summed E-state index contributed by atoms with van der Waals surface area (Å²) in [5.74, 6) is 0.882. The van der Waals surface area contributed by atoms with Crippen LogP contribution in [0.15, 0.2) is 0 Å². The van der Waals surface area contributed by atoms with Crippen LogP contribution in [-0.2, 0) is 0 Å². The van der Waals surface area contributed by atoms with Gasteiger partial charge in [0.15, 0.2) is 0 Å². The highest BCUT2D eigenvalue weighted by molar-refractivity contribution is 4.67. The van der Waals surface area contributed by atoms with Crippen molar-refractivity contribution in [1.82, 2.24) is 5.32 Å². The molecule has 0 aliphatic carbocycles. The number of rotatable bonds is 2. The SMILES string of the molecule is NCCC1CC[N]CC1. The summed E-state index contributed by atoms with van der Waals surface area (Å²) in [7, 11) is 0. The quantitative estimate of drug-likeness (QED) is 0.571. The minimum atomic E-state index is 0.852. The average Bonchev–Trinajstić information content (AvgIpc) is 1.91. The van der Waals surface area contributed by atoms with Crippen molar-refractivity contribution in [3.05, 3.63) is 0 Å². The molecule has 0 aromatic carbocycles. The maximum absolute atomic E-state index is 5.43. The highest BCUT2D eigenvalue weighted by Crippen LogP contribution is 2.14. The molecule has 1 radical (unpaired) electrons. The predicted molar refractivity (Wildman–Crippen MR) is 38.3 cm³/mol. The molecule has 0 unspecified atom stereocenters. The van der Waals surface area contributed by atoms with E-state index < -0.39 is 0 Å². The smallest absolute Gasteiger partial charge is 0.0136 e. The second kappa shape index (κ2) is 3.85. The molecule has 0 bridgehead atoms. The Kier molecular flexibility index (Phi) is 3.01. The molecule has 2 nitrogen and oxygen atoms in total. The van der Waals surface area contributed by atoms with Crippen LogP contribution in [0.1, 0.15) is 19.3 Å². The van der Waals surface area contributed by atoms with Gasteiger partial charge in [0.1, 0.15) is 0 Å². The van der Waals surface area contributed by atoms with E-state index in [-0.39, 0.29) is 0 Å². The van der Waals surface area contributed by atoms with E-state index in [2.05, 4.69) is 5.32 Å². The molecule has 0 amide bonds. The van der Waals surface area contributed by atoms with Gasteiger partial charge in [-0.05, 0) is 31.7 Å². The van der Waals surface area contributed by atoms with Gasteiger partial charge in [0.25, 0.3) is 0 Å². The molecule has 1 heterocycles. The molecule has 1 fully saturated rings. The van der Waals surface area contributed by atoms with E-state index in [0.717, 1.165) is 25.6 Å². The summed E-state index contributed by atoms with van der Waals surface area (Å²) in [6.45, 7) is 3.00. The fraction of sp³-hybridized carbons (Fsp3) is 1.00. The van der Waals surface area contributed by atoms with Gasteiger partial charge in [-0.1, -0.05) is 0 Å². The van der Waals surface area contributed by atoms with E-state index in [4.69, 9.17) is 5.73 Å². The summed E-state index contributed by atoms with van der Waals surface area (Å²) in [6.07, 6.45) is 3.75. The van der Waals surface area contributed by atoms with Gasteiger partial charge in [-0.15, -0.1) is 0 Å². The first-order chi connectivity index (χ1) is 4.43. The summed E-state index contributed by atoms with van der Waals surface area (Å²) in [5, 5.41) is 4.27. The van der Waals surface area contributed by atoms with Gasteiger partial charge >= 0.3 is 0 Å². The second-order valence-corrected chi connectivity index (χ2v) is 2.69. The first-order valence-corrected chi connectivity index (χ1v) is 3.77. The minimum Gasteiger partial charge on any atom is -0.330 e. The molecule has 1 aliphatic rings. The molecule has 2 heteroatoms. The van der Waals surface area contributed by atoms with E-state index >= 15 is 0 Å². The largest absolute Gasteiger partial charge is 0.330 e. The van der Waals surface area contributed by atoms with Crippen molar-refractivity contribution in [3.63, 3.8) is 0 Å². The normalized spacial score (nSPS) is 22.3. The molecule has 2 N–H and O–H groups in total. The molecule has 0 atom stereocenters. The third kappa shape index (κ3) is 2.33. The Morgan fingerprint density at radius 1 is 1.33 bits per heavy atom. The Morgan fingerprint density at radius 2 is 2.00 bits per heavy atom. The summed E-state index contributed by atoms with van der Waals surface area (Å²) in [5.41, 5.74) is 5.43. The van der Waals surface area contributed by atoms with E-state index in [1.807, 2.05) is 0 Å². The highest BCUT2D eigenvalue weighted by Gasteiger charge is 2.11. The molecule has 0 spiro atoms. The summed E-state index contributed by atoms with van der Waals surface area (Å²) in [4.78, 5) is 0. The van der Waals surface area contributed by atoms with Crippen molar-refractivity contribution < 1.29 is 0 Å². The monoisotopic (exact) mass is 127 g/mol. The minimum absolute atomic E-state index is 0.852. The van der Waals surface area contributed by atoms with Gasteiger partial charge in [0, 0.05) is 13.1 Å². The Hall–Kier alpha value is -0.0800. The van der Waals surface area contributed by atoms with Crippen LogP contribution in [0.2, 0.25) is 0 Å². The van der Waals surface area contributed by atoms with Crippen molar-refractivity contribution in [1.29, 1.82) is 0 Å². The number of piperidine rings is 1.